The van der Waals surface area contributed by atoms with Gasteiger partial charge in [-0.05, 0) is 12.8 Å². The van der Waals surface area contributed by atoms with Gasteiger partial charge >= 0.3 is 0 Å². The average molecular weight is 277 g/mol. The molecule has 5 heteroatoms. The highest BCUT2D eigenvalue weighted by molar-refractivity contribution is 5.33. The zero-order valence-corrected chi connectivity index (χ0v) is 12.1. The first-order chi connectivity index (χ1) is 9.73. The van der Waals surface area contributed by atoms with Crippen molar-refractivity contribution in [3.05, 3.63) is 17.6 Å². The third-order valence-corrected chi connectivity index (χ3v) is 4.64. The fraction of sp³-hybridized carbons (Fsp3) is 0.733. The number of hydrogen-bond acceptors (Lipinski definition) is 5. The minimum atomic E-state index is -0.430. The molecule has 0 atom stereocenters. The minimum absolute atomic E-state index is 0.430. The van der Waals surface area contributed by atoms with Crippen LogP contribution >= 0.6 is 0 Å². The van der Waals surface area contributed by atoms with Gasteiger partial charge in [-0.1, -0.05) is 12.8 Å². The van der Waals surface area contributed by atoms with Gasteiger partial charge in [0.05, 0.1) is 0 Å². The van der Waals surface area contributed by atoms with E-state index in [0.717, 1.165) is 24.4 Å². The van der Waals surface area contributed by atoms with E-state index in [0.29, 0.717) is 24.9 Å². The molecule has 110 valence electrons. The number of hydrogen-bond donors (Lipinski definition) is 1. The summed E-state index contributed by atoms with van der Waals surface area (Å²) in [5.74, 6) is 1.83. The van der Waals surface area contributed by atoms with E-state index in [4.69, 9.17) is 20.2 Å². The second kappa shape index (κ2) is 5.66. The Kier molecular flexibility index (Phi) is 3.89. The van der Waals surface area contributed by atoms with Crippen LogP contribution in [0.4, 0.5) is 5.82 Å². The predicted octanol–water partition coefficient (Wildman–Crippen LogP) is 2.37. The molecule has 5 nitrogen and oxygen atoms in total. The third-order valence-electron chi connectivity index (χ3n) is 4.64. The number of anilines is 1. The first-order valence-corrected chi connectivity index (χ1v) is 7.51. The molecule has 1 aromatic rings. The lowest BCUT2D eigenvalue weighted by Gasteiger charge is -2.34. The summed E-state index contributed by atoms with van der Waals surface area (Å²) in [6.07, 6.45) is 6.56. The van der Waals surface area contributed by atoms with Gasteiger partial charge < -0.3 is 15.2 Å². The topological polar surface area (TPSA) is 70.3 Å². The second-order valence-corrected chi connectivity index (χ2v) is 5.83. The molecule has 0 spiro atoms. The SMILES string of the molecule is COC1(c2nc(N)cc(C3CCCC3)n2)CCOCC1. The normalized spacial score (nSPS) is 23.1. The number of aromatic nitrogens is 2. The van der Waals surface area contributed by atoms with Crippen LogP contribution in [0.2, 0.25) is 0 Å². The molecule has 0 radical (unpaired) electrons. The lowest BCUT2D eigenvalue weighted by molar-refractivity contribution is -0.100. The first-order valence-electron chi connectivity index (χ1n) is 7.51. The molecule has 2 fully saturated rings. The molecule has 0 unspecified atom stereocenters. The maximum atomic E-state index is 6.01. The molecule has 2 N–H and O–H groups in total. The summed E-state index contributed by atoms with van der Waals surface area (Å²) >= 11 is 0. The monoisotopic (exact) mass is 277 g/mol. The Balaban J connectivity index is 1.95. The van der Waals surface area contributed by atoms with E-state index in [1.807, 2.05) is 6.07 Å². The lowest BCUT2D eigenvalue weighted by atomic mass is 9.92. The van der Waals surface area contributed by atoms with Gasteiger partial charge in [0, 0.05) is 50.8 Å². The Hall–Kier alpha value is -1.20. The van der Waals surface area contributed by atoms with Crippen LogP contribution < -0.4 is 5.73 Å². The molecule has 0 bridgehead atoms. The minimum Gasteiger partial charge on any atom is -0.384 e. The van der Waals surface area contributed by atoms with Crippen LogP contribution in [0.25, 0.3) is 0 Å². The highest BCUT2D eigenvalue weighted by Crippen LogP contribution is 2.37. The van der Waals surface area contributed by atoms with Crippen molar-refractivity contribution < 1.29 is 9.47 Å². The molecule has 20 heavy (non-hydrogen) atoms. The molecule has 2 heterocycles. The van der Waals surface area contributed by atoms with Crippen molar-refractivity contribution in [2.24, 2.45) is 0 Å². The number of nitrogens with two attached hydrogens (primary N) is 1. The standard InChI is InChI=1S/C15H23N3O2/c1-19-15(6-8-20-9-7-15)14-17-12(10-13(16)18-14)11-4-2-3-5-11/h10-11H,2-9H2,1H3,(H2,16,17,18). The van der Waals surface area contributed by atoms with Crippen molar-refractivity contribution in [3.63, 3.8) is 0 Å². The smallest absolute Gasteiger partial charge is 0.163 e. The van der Waals surface area contributed by atoms with Gasteiger partial charge in [0.15, 0.2) is 5.82 Å². The third kappa shape index (κ3) is 2.52. The Morgan fingerprint density at radius 3 is 2.60 bits per heavy atom. The maximum Gasteiger partial charge on any atom is 0.163 e. The zero-order chi connectivity index (χ0) is 14.0. The first kappa shape index (κ1) is 13.8. The van der Waals surface area contributed by atoms with E-state index < -0.39 is 5.60 Å². The molecular weight excluding hydrogens is 254 g/mol. The summed E-state index contributed by atoms with van der Waals surface area (Å²) in [4.78, 5) is 9.27. The Morgan fingerprint density at radius 1 is 1.25 bits per heavy atom. The van der Waals surface area contributed by atoms with Crippen molar-refractivity contribution >= 4 is 5.82 Å². The van der Waals surface area contributed by atoms with E-state index in [1.165, 1.54) is 25.7 Å². The van der Waals surface area contributed by atoms with E-state index in [2.05, 4.69) is 4.98 Å². The lowest BCUT2D eigenvalue weighted by Crippen LogP contribution is -2.37. The Morgan fingerprint density at radius 2 is 1.95 bits per heavy atom. The van der Waals surface area contributed by atoms with Crippen molar-refractivity contribution in [1.29, 1.82) is 0 Å². The largest absolute Gasteiger partial charge is 0.384 e. The Labute approximate surface area is 119 Å². The molecule has 1 aliphatic carbocycles. The van der Waals surface area contributed by atoms with Crippen molar-refractivity contribution in [2.75, 3.05) is 26.1 Å². The van der Waals surface area contributed by atoms with Crippen LogP contribution in [-0.4, -0.2) is 30.3 Å². The number of nitrogens with zero attached hydrogens (tertiary/aromatic N) is 2. The van der Waals surface area contributed by atoms with Crippen molar-refractivity contribution in [1.82, 2.24) is 9.97 Å². The van der Waals surface area contributed by atoms with Crippen LogP contribution in [0.5, 0.6) is 0 Å². The van der Waals surface area contributed by atoms with E-state index >= 15 is 0 Å². The quantitative estimate of drug-likeness (QED) is 0.918. The molecule has 1 aromatic heterocycles. The van der Waals surface area contributed by atoms with Crippen LogP contribution in [0.1, 0.15) is 56.0 Å². The van der Waals surface area contributed by atoms with Gasteiger partial charge in [-0.25, -0.2) is 9.97 Å². The molecule has 0 aromatic carbocycles. The summed E-state index contributed by atoms with van der Waals surface area (Å²) in [6.45, 7) is 1.37. The Bertz CT molecular complexity index is 466. The van der Waals surface area contributed by atoms with Gasteiger partial charge in [-0.3, -0.25) is 0 Å². The van der Waals surface area contributed by atoms with Gasteiger partial charge in [-0.2, -0.15) is 0 Å². The molecule has 2 aliphatic rings. The summed E-state index contributed by atoms with van der Waals surface area (Å²) in [6, 6.07) is 1.93. The average Bonchev–Trinajstić information content (AvgIpc) is 3.01. The van der Waals surface area contributed by atoms with E-state index in [1.54, 1.807) is 7.11 Å². The summed E-state index contributed by atoms with van der Waals surface area (Å²) in [7, 11) is 1.73. The fourth-order valence-electron chi connectivity index (χ4n) is 3.34. The van der Waals surface area contributed by atoms with E-state index in [-0.39, 0.29) is 0 Å². The molecule has 1 aliphatic heterocycles. The molecule has 3 rings (SSSR count). The fourth-order valence-corrected chi connectivity index (χ4v) is 3.34. The molecular formula is C15H23N3O2. The molecule has 0 amide bonds. The maximum absolute atomic E-state index is 6.01. The molecule has 1 saturated heterocycles. The zero-order valence-electron chi connectivity index (χ0n) is 12.1. The van der Waals surface area contributed by atoms with Gasteiger partial charge in [0.25, 0.3) is 0 Å². The van der Waals surface area contributed by atoms with Crippen molar-refractivity contribution in [3.8, 4) is 0 Å². The highest BCUT2D eigenvalue weighted by atomic mass is 16.5. The van der Waals surface area contributed by atoms with Crippen molar-refractivity contribution in [2.45, 2.75) is 50.0 Å². The number of methoxy groups -OCH3 is 1. The van der Waals surface area contributed by atoms with Crippen LogP contribution in [0.3, 0.4) is 0 Å². The predicted molar refractivity (Wildman–Crippen MR) is 76.4 cm³/mol. The summed E-state index contributed by atoms with van der Waals surface area (Å²) in [5.41, 5.74) is 6.67. The van der Waals surface area contributed by atoms with Crippen LogP contribution in [-0.2, 0) is 15.1 Å². The van der Waals surface area contributed by atoms with Gasteiger partial charge in [-0.15, -0.1) is 0 Å². The van der Waals surface area contributed by atoms with Gasteiger partial charge in [0.1, 0.15) is 11.4 Å². The number of nitrogen functional groups attached to an aromatic ring is 1. The number of rotatable bonds is 3. The van der Waals surface area contributed by atoms with Gasteiger partial charge in [0.2, 0.25) is 0 Å². The second-order valence-electron chi connectivity index (χ2n) is 5.83. The van der Waals surface area contributed by atoms with Crippen LogP contribution in [0.15, 0.2) is 6.07 Å². The van der Waals surface area contributed by atoms with Crippen LogP contribution in [0, 0.1) is 0 Å². The molecule has 1 saturated carbocycles. The highest BCUT2D eigenvalue weighted by Gasteiger charge is 2.38. The summed E-state index contributed by atoms with van der Waals surface area (Å²) in [5, 5.41) is 0. The van der Waals surface area contributed by atoms with E-state index in [9.17, 15) is 0 Å². The summed E-state index contributed by atoms with van der Waals surface area (Å²) < 4.78 is 11.2. The number of ether oxygens (including phenoxy) is 2.